The number of nitrogens with zero attached hydrogens (tertiary/aromatic N) is 2. The molecule has 0 saturated heterocycles. The van der Waals surface area contributed by atoms with Gasteiger partial charge in [-0.3, -0.25) is 9.59 Å². The highest BCUT2D eigenvalue weighted by molar-refractivity contribution is 6.30. The predicted octanol–water partition coefficient (Wildman–Crippen LogP) is 4.99. The molecule has 0 fully saturated rings. The number of aryl methyl sites for hydroxylation is 1. The quantitative estimate of drug-likeness (QED) is 0.447. The average molecular weight is 435 g/mol. The molecule has 2 amide bonds. The number of amides is 2. The first-order valence-corrected chi connectivity index (χ1v) is 9.90. The Kier molecular flexibility index (Phi) is 5.86. The maximum absolute atomic E-state index is 12.8. The van der Waals surface area contributed by atoms with Gasteiger partial charge in [-0.05, 0) is 54.4 Å². The summed E-state index contributed by atoms with van der Waals surface area (Å²) in [5.41, 5.74) is 2.76. The molecule has 2 aromatic carbocycles. The highest BCUT2D eigenvalue weighted by atomic mass is 35.5. The molecule has 0 saturated carbocycles. The van der Waals surface area contributed by atoms with Crippen LogP contribution < -0.4 is 10.6 Å². The van der Waals surface area contributed by atoms with Crippen molar-refractivity contribution in [3.05, 3.63) is 101 Å². The highest BCUT2D eigenvalue weighted by Gasteiger charge is 2.14. The Balaban J connectivity index is 1.49. The summed E-state index contributed by atoms with van der Waals surface area (Å²) in [4.78, 5) is 25.1. The van der Waals surface area contributed by atoms with Crippen molar-refractivity contribution in [3.8, 4) is 0 Å². The second kappa shape index (κ2) is 8.89. The van der Waals surface area contributed by atoms with Gasteiger partial charge >= 0.3 is 0 Å². The number of hydrogen-bond acceptors (Lipinski definition) is 4. The van der Waals surface area contributed by atoms with Crippen LogP contribution in [0.1, 0.15) is 32.0 Å². The highest BCUT2D eigenvalue weighted by Crippen LogP contribution is 2.20. The van der Waals surface area contributed by atoms with Crippen molar-refractivity contribution >= 4 is 34.9 Å². The molecular weight excluding hydrogens is 416 g/mol. The van der Waals surface area contributed by atoms with E-state index in [4.69, 9.17) is 16.0 Å². The molecule has 2 heterocycles. The lowest BCUT2D eigenvalue weighted by molar-refractivity contribution is 0.0993. The fourth-order valence-electron chi connectivity index (χ4n) is 3.01. The number of aromatic nitrogens is 2. The van der Waals surface area contributed by atoms with Crippen LogP contribution in [0, 0.1) is 6.92 Å². The van der Waals surface area contributed by atoms with E-state index in [9.17, 15) is 9.59 Å². The monoisotopic (exact) mass is 434 g/mol. The van der Waals surface area contributed by atoms with Crippen LogP contribution in [-0.4, -0.2) is 21.6 Å². The lowest BCUT2D eigenvalue weighted by atomic mass is 10.1. The van der Waals surface area contributed by atoms with Gasteiger partial charge in [0.25, 0.3) is 11.8 Å². The summed E-state index contributed by atoms with van der Waals surface area (Å²) in [6, 6.07) is 17.5. The molecule has 31 heavy (non-hydrogen) atoms. The lowest BCUT2D eigenvalue weighted by Crippen LogP contribution is -2.17. The Labute approximate surface area is 183 Å². The predicted molar refractivity (Wildman–Crippen MR) is 119 cm³/mol. The normalized spacial score (nSPS) is 10.6. The second-order valence-corrected chi connectivity index (χ2v) is 7.35. The topological polar surface area (TPSA) is 89.2 Å². The molecule has 156 valence electrons. The number of furan rings is 1. The number of benzene rings is 2. The van der Waals surface area contributed by atoms with Crippen LogP contribution in [0.2, 0.25) is 5.02 Å². The summed E-state index contributed by atoms with van der Waals surface area (Å²) in [6.07, 6.45) is 3.05. The smallest absolute Gasteiger partial charge is 0.291 e. The van der Waals surface area contributed by atoms with Gasteiger partial charge < -0.3 is 15.1 Å². The standard InChI is InChI=1S/C23H19ClN4O3/c1-15-4-7-17(13-19(15)26-23(30)20-3-2-12-31-20)22(29)27-21-10-11-25-28(21)14-16-5-8-18(24)9-6-16/h2-13H,14H2,1H3,(H,26,30)(H,27,29). The molecule has 0 spiro atoms. The van der Waals surface area contributed by atoms with Crippen molar-refractivity contribution in [2.45, 2.75) is 13.5 Å². The number of rotatable bonds is 6. The first-order valence-electron chi connectivity index (χ1n) is 9.53. The Hall–Kier alpha value is -3.84. The second-order valence-electron chi connectivity index (χ2n) is 6.92. The van der Waals surface area contributed by atoms with E-state index in [2.05, 4.69) is 15.7 Å². The maximum Gasteiger partial charge on any atom is 0.291 e. The molecule has 4 rings (SSSR count). The molecule has 0 aliphatic rings. The van der Waals surface area contributed by atoms with E-state index in [0.29, 0.717) is 28.6 Å². The molecule has 8 heteroatoms. The first-order chi connectivity index (χ1) is 15.0. The SMILES string of the molecule is Cc1ccc(C(=O)Nc2ccnn2Cc2ccc(Cl)cc2)cc1NC(=O)c1ccco1. The third-order valence-electron chi connectivity index (χ3n) is 4.70. The summed E-state index contributed by atoms with van der Waals surface area (Å²) in [6.45, 7) is 2.33. The first kappa shape index (κ1) is 20.4. The Bertz CT molecular complexity index is 1210. The van der Waals surface area contributed by atoms with Gasteiger partial charge in [-0.25, -0.2) is 4.68 Å². The summed E-state index contributed by atoms with van der Waals surface area (Å²) in [7, 11) is 0. The molecule has 0 atom stereocenters. The Morgan fingerprint density at radius 2 is 1.84 bits per heavy atom. The van der Waals surface area contributed by atoms with E-state index in [-0.39, 0.29) is 17.6 Å². The van der Waals surface area contributed by atoms with Crippen LogP contribution in [0.15, 0.2) is 77.5 Å². The average Bonchev–Trinajstić information content (AvgIpc) is 3.44. The zero-order valence-electron chi connectivity index (χ0n) is 16.6. The van der Waals surface area contributed by atoms with Gasteiger partial charge in [0.15, 0.2) is 5.76 Å². The van der Waals surface area contributed by atoms with E-state index in [1.807, 2.05) is 31.2 Å². The van der Waals surface area contributed by atoms with Crippen molar-refractivity contribution < 1.29 is 14.0 Å². The van der Waals surface area contributed by atoms with Crippen molar-refractivity contribution in [1.29, 1.82) is 0 Å². The maximum atomic E-state index is 12.8. The molecule has 7 nitrogen and oxygen atoms in total. The Morgan fingerprint density at radius 3 is 2.58 bits per heavy atom. The molecule has 4 aromatic rings. The van der Waals surface area contributed by atoms with Gasteiger partial charge in [0.05, 0.1) is 19.0 Å². The third-order valence-corrected chi connectivity index (χ3v) is 4.95. The van der Waals surface area contributed by atoms with Crippen LogP contribution in [-0.2, 0) is 6.54 Å². The van der Waals surface area contributed by atoms with Crippen molar-refractivity contribution in [1.82, 2.24) is 9.78 Å². The molecule has 0 aliphatic carbocycles. The van der Waals surface area contributed by atoms with Crippen LogP contribution >= 0.6 is 11.6 Å². The summed E-state index contributed by atoms with van der Waals surface area (Å²) in [5, 5.41) is 10.6. The van der Waals surface area contributed by atoms with Crippen molar-refractivity contribution in [2.75, 3.05) is 10.6 Å². The number of carbonyl (C=O) groups excluding carboxylic acids is 2. The van der Waals surface area contributed by atoms with Gasteiger partial charge in [-0.15, -0.1) is 0 Å². The number of hydrogen-bond donors (Lipinski definition) is 2. The molecule has 2 N–H and O–H groups in total. The van der Waals surface area contributed by atoms with Crippen LogP contribution in [0.3, 0.4) is 0 Å². The molecule has 0 unspecified atom stereocenters. The molecule has 0 bridgehead atoms. The minimum atomic E-state index is -0.383. The zero-order valence-corrected chi connectivity index (χ0v) is 17.4. The lowest BCUT2D eigenvalue weighted by Gasteiger charge is -2.12. The van der Waals surface area contributed by atoms with Gasteiger partial charge in [0, 0.05) is 22.3 Å². The zero-order chi connectivity index (χ0) is 21.8. The fraction of sp³-hybridized carbons (Fsp3) is 0.0870. The summed E-state index contributed by atoms with van der Waals surface area (Å²) < 4.78 is 6.80. The summed E-state index contributed by atoms with van der Waals surface area (Å²) >= 11 is 5.93. The van der Waals surface area contributed by atoms with Crippen LogP contribution in [0.5, 0.6) is 0 Å². The third kappa shape index (κ3) is 4.84. The summed E-state index contributed by atoms with van der Waals surface area (Å²) in [5.74, 6) is 0.0557. The molecule has 0 radical (unpaired) electrons. The van der Waals surface area contributed by atoms with E-state index >= 15 is 0 Å². The minimum absolute atomic E-state index is 0.195. The number of nitrogens with one attached hydrogen (secondary N) is 2. The molecule has 2 aromatic heterocycles. The molecular formula is C23H19ClN4O3. The number of halogens is 1. The van der Waals surface area contributed by atoms with E-state index in [1.165, 1.54) is 6.26 Å². The Morgan fingerprint density at radius 1 is 1.03 bits per heavy atom. The van der Waals surface area contributed by atoms with Crippen LogP contribution in [0.25, 0.3) is 0 Å². The number of anilines is 2. The van der Waals surface area contributed by atoms with Gasteiger partial charge in [-0.2, -0.15) is 5.10 Å². The van der Waals surface area contributed by atoms with Gasteiger partial charge in [-0.1, -0.05) is 29.8 Å². The van der Waals surface area contributed by atoms with Gasteiger partial charge in [0.2, 0.25) is 0 Å². The largest absolute Gasteiger partial charge is 0.459 e. The van der Waals surface area contributed by atoms with E-state index in [1.54, 1.807) is 47.3 Å². The number of carbonyl (C=O) groups is 2. The fourth-order valence-corrected chi connectivity index (χ4v) is 3.13. The van der Waals surface area contributed by atoms with Crippen molar-refractivity contribution in [3.63, 3.8) is 0 Å². The van der Waals surface area contributed by atoms with E-state index in [0.717, 1.165) is 11.1 Å². The van der Waals surface area contributed by atoms with Crippen molar-refractivity contribution in [2.24, 2.45) is 0 Å². The minimum Gasteiger partial charge on any atom is -0.459 e. The molecule has 0 aliphatic heterocycles. The van der Waals surface area contributed by atoms with E-state index < -0.39 is 0 Å². The van der Waals surface area contributed by atoms with Crippen LogP contribution in [0.4, 0.5) is 11.5 Å². The van der Waals surface area contributed by atoms with Gasteiger partial charge in [0.1, 0.15) is 5.82 Å².